The minimum Gasteiger partial charge on any atom is -0.493 e. The van der Waals surface area contributed by atoms with Gasteiger partial charge in [0, 0.05) is 12.5 Å². The molecule has 1 heterocycles. The summed E-state index contributed by atoms with van der Waals surface area (Å²) in [5, 5.41) is 1.08. The Morgan fingerprint density at radius 3 is 2.86 bits per heavy atom. The van der Waals surface area contributed by atoms with Gasteiger partial charge >= 0.3 is 0 Å². The standard InChI is InChI=1S/C14H14N2O3S2/c1-3-19-11-7-5-4-6-10(11)8-12-13(18)16(14(20)21-12)15-9(2)17/h4-8H,3H2,1-2H3,(H,15,17)/b12-8+. The van der Waals surface area contributed by atoms with Crippen molar-refractivity contribution in [3.63, 3.8) is 0 Å². The lowest BCUT2D eigenvalue weighted by Crippen LogP contribution is -2.43. The summed E-state index contributed by atoms with van der Waals surface area (Å²) < 4.78 is 5.82. The zero-order chi connectivity index (χ0) is 15.4. The number of hydrazine groups is 1. The van der Waals surface area contributed by atoms with Crippen molar-refractivity contribution in [2.24, 2.45) is 0 Å². The molecule has 0 aliphatic carbocycles. The van der Waals surface area contributed by atoms with Crippen LogP contribution in [0.2, 0.25) is 0 Å². The van der Waals surface area contributed by atoms with Crippen LogP contribution in [0.25, 0.3) is 6.08 Å². The lowest BCUT2D eigenvalue weighted by Gasteiger charge is -2.13. The average molecular weight is 322 g/mol. The molecule has 1 aromatic rings. The van der Waals surface area contributed by atoms with Crippen LogP contribution in [0.4, 0.5) is 0 Å². The summed E-state index contributed by atoms with van der Waals surface area (Å²) >= 11 is 6.24. The summed E-state index contributed by atoms with van der Waals surface area (Å²) in [6, 6.07) is 7.42. The van der Waals surface area contributed by atoms with Gasteiger partial charge in [-0.25, -0.2) is 0 Å². The SMILES string of the molecule is CCOc1ccccc1/C=C1/SC(=S)N(NC(C)=O)C1=O. The Kier molecular flexibility index (Phi) is 4.98. The van der Waals surface area contributed by atoms with Crippen LogP contribution in [-0.2, 0) is 9.59 Å². The Morgan fingerprint density at radius 2 is 2.19 bits per heavy atom. The smallest absolute Gasteiger partial charge is 0.285 e. The summed E-state index contributed by atoms with van der Waals surface area (Å²) in [5.74, 6) is 0.0126. The molecule has 0 spiro atoms. The minimum absolute atomic E-state index is 0.301. The molecule has 2 amide bonds. The Balaban J connectivity index is 2.28. The maximum Gasteiger partial charge on any atom is 0.285 e. The monoisotopic (exact) mass is 322 g/mol. The van der Waals surface area contributed by atoms with E-state index in [0.717, 1.165) is 22.3 Å². The summed E-state index contributed by atoms with van der Waals surface area (Å²) in [4.78, 5) is 23.7. The maximum absolute atomic E-state index is 12.2. The molecule has 0 saturated carbocycles. The number of amides is 2. The largest absolute Gasteiger partial charge is 0.493 e. The molecule has 1 aliphatic heterocycles. The predicted molar refractivity (Wildman–Crippen MR) is 86.4 cm³/mol. The van der Waals surface area contributed by atoms with Crippen molar-refractivity contribution in [3.8, 4) is 5.75 Å². The highest BCUT2D eigenvalue weighted by molar-refractivity contribution is 8.26. The Morgan fingerprint density at radius 1 is 1.48 bits per heavy atom. The lowest BCUT2D eigenvalue weighted by atomic mass is 10.2. The average Bonchev–Trinajstić information content (AvgIpc) is 2.69. The van der Waals surface area contributed by atoms with Crippen LogP contribution in [0.1, 0.15) is 19.4 Å². The number of ether oxygens (including phenoxy) is 1. The fourth-order valence-electron chi connectivity index (χ4n) is 1.75. The van der Waals surface area contributed by atoms with Gasteiger partial charge in [-0.15, -0.1) is 0 Å². The third-order valence-electron chi connectivity index (χ3n) is 2.57. The number of benzene rings is 1. The number of nitrogens with zero attached hydrogens (tertiary/aromatic N) is 1. The number of rotatable bonds is 4. The van der Waals surface area contributed by atoms with Crippen LogP contribution in [0.15, 0.2) is 29.2 Å². The highest BCUT2D eigenvalue weighted by Gasteiger charge is 2.33. The van der Waals surface area contributed by atoms with Crippen LogP contribution in [-0.4, -0.2) is 27.8 Å². The molecule has 110 valence electrons. The van der Waals surface area contributed by atoms with E-state index in [1.807, 2.05) is 31.2 Å². The van der Waals surface area contributed by atoms with Gasteiger partial charge in [0.15, 0.2) is 4.32 Å². The van der Waals surface area contributed by atoms with Crippen molar-refractivity contribution in [3.05, 3.63) is 34.7 Å². The molecule has 0 atom stereocenters. The van der Waals surface area contributed by atoms with Gasteiger partial charge in [0.2, 0.25) is 5.91 Å². The molecule has 5 nitrogen and oxygen atoms in total. The van der Waals surface area contributed by atoms with E-state index >= 15 is 0 Å². The van der Waals surface area contributed by atoms with Crippen molar-refractivity contribution >= 4 is 46.2 Å². The first-order valence-electron chi connectivity index (χ1n) is 6.30. The van der Waals surface area contributed by atoms with E-state index in [-0.39, 0.29) is 11.8 Å². The summed E-state index contributed by atoms with van der Waals surface area (Å²) in [6.07, 6.45) is 1.71. The van der Waals surface area contributed by atoms with Gasteiger partial charge < -0.3 is 4.74 Å². The van der Waals surface area contributed by atoms with Crippen molar-refractivity contribution in [2.45, 2.75) is 13.8 Å². The van der Waals surface area contributed by atoms with Crippen LogP contribution in [0, 0.1) is 0 Å². The van der Waals surface area contributed by atoms with E-state index in [1.54, 1.807) is 6.08 Å². The first-order chi connectivity index (χ1) is 10.0. The van der Waals surface area contributed by atoms with Crippen LogP contribution >= 0.6 is 24.0 Å². The molecule has 0 bridgehead atoms. The topological polar surface area (TPSA) is 58.6 Å². The number of hydrogen-bond acceptors (Lipinski definition) is 5. The van der Waals surface area contributed by atoms with Gasteiger partial charge in [0.1, 0.15) is 5.75 Å². The third-order valence-corrected chi connectivity index (χ3v) is 3.87. The summed E-state index contributed by atoms with van der Waals surface area (Å²) in [5.41, 5.74) is 3.20. The second kappa shape index (κ2) is 6.73. The highest BCUT2D eigenvalue weighted by atomic mass is 32.2. The number of carbonyl (C=O) groups is 2. The fraction of sp³-hybridized carbons (Fsp3) is 0.214. The number of nitrogens with one attached hydrogen (secondary N) is 1. The number of thioether (sulfide) groups is 1. The molecule has 21 heavy (non-hydrogen) atoms. The van der Waals surface area contributed by atoms with E-state index in [0.29, 0.717) is 21.6 Å². The first-order valence-corrected chi connectivity index (χ1v) is 7.52. The molecule has 2 rings (SSSR count). The summed E-state index contributed by atoms with van der Waals surface area (Å²) in [6.45, 7) is 3.76. The predicted octanol–water partition coefficient (Wildman–Crippen LogP) is 2.34. The minimum atomic E-state index is -0.345. The highest BCUT2D eigenvalue weighted by Crippen LogP contribution is 2.33. The lowest BCUT2D eigenvalue weighted by molar-refractivity contribution is -0.131. The normalized spacial score (nSPS) is 16.5. The van der Waals surface area contributed by atoms with Gasteiger partial charge in [-0.3, -0.25) is 15.0 Å². The fourth-order valence-corrected chi connectivity index (χ4v) is 2.92. The number of para-hydroxylation sites is 1. The van der Waals surface area contributed by atoms with Crippen LogP contribution in [0.3, 0.4) is 0 Å². The quantitative estimate of drug-likeness (QED) is 0.681. The molecule has 0 aromatic heterocycles. The zero-order valence-electron chi connectivity index (χ0n) is 11.6. The van der Waals surface area contributed by atoms with E-state index in [1.165, 1.54) is 6.92 Å². The van der Waals surface area contributed by atoms with Crippen molar-refractivity contribution in [1.82, 2.24) is 10.4 Å². The van der Waals surface area contributed by atoms with E-state index < -0.39 is 0 Å². The first kappa shape index (κ1) is 15.5. The molecule has 1 saturated heterocycles. The number of thiocarbonyl (C=S) groups is 1. The van der Waals surface area contributed by atoms with Gasteiger partial charge in [0.25, 0.3) is 5.91 Å². The molecular weight excluding hydrogens is 308 g/mol. The van der Waals surface area contributed by atoms with Gasteiger partial charge in [-0.2, -0.15) is 5.01 Å². The second-order valence-corrected chi connectivity index (χ2v) is 5.83. The van der Waals surface area contributed by atoms with E-state index in [2.05, 4.69) is 5.43 Å². The Hall–Kier alpha value is -1.86. The summed E-state index contributed by atoms with van der Waals surface area (Å²) in [7, 11) is 0. The molecule has 0 radical (unpaired) electrons. The molecule has 1 aliphatic rings. The van der Waals surface area contributed by atoms with E-state index in [9.17, 15) is 9.59 Å². The molecule has 1 aromatic carbocycles. The van der Waals surface area contributed by atoms with Gasteiger partial charge in [-0.1, -0.05) is 30.0 Å². The maximum atomic E-state index is 12.2. The molecule has 7 heteroatoms. The van der Waals surface area contributed by atoms with Crippen LogP contribution < -0.4 is 10.2 Å². The number of hydrogen-bond donors (Lipinski definition) is 1. The Labute approximate surface area is 132 Å². The van der Waals surface area contributed by atoms with Crippen molar-refractivity contribution in [1.29, 1.82) is 0 Å². The van der Waals surface area contributed by atoms with Crippen LogP contribution in [0.5, 0.6) is 5.75 Å². The van der Waals surface area contributed by atoms with Gasteiger partial charge in [-0.05, 0) is 31.3 Å². The molecule has 1 N–H and O–H groups in total. The Bertz CT molecular complexity index is 628. The zero-order valence-corrected chi connectivity index (χ0v) is 13.2. The second-order valence-electron chi connectivity index (χ2n) is 4.16. The van der Waals surface area contributed by atoms with Gasteiger partial charge in [0.05, 0.1) is 11.5 Å². The molecule has 1 fully saturated rings. The van der Waals surface area contributed by atoms with Crippen molar-refractivity contribution in [2.75, 3.05) is 6.61 Å². The van der Waals surface area contributed by atoms with E-state index in [4.69, 9.17) is 17.0 Å². The number of carbonyl (C=O) groups excluding carboxylic acids is 2. The molecule has 0 unspecified atom stereocenters. The molecular formula is C14H14N2O3S2. The van der Waals surface area contributed by atoms with Crippen molar-refractivity contribution < 1.29 is 14.3 Å². The third kappa shape index (κ3) is 3.62.